The van der Waals surface area contributed by atoms with E-state index in [4.69, 9.17) is 19.7 Å². The molecule has 1 aromatic heterocycles. The topological polar surface area (TPSA) is 148 Å². The summed E-state index contributed by atoms with van der Waals surface area (Å²) in [4.78, 5) is 40.6. The summed E-state index contributed by atoms with van der Waals surface area (Å²) in [6.45, 7) is -0.201. The van der Waals surface area contributed by atoms with Gasteiger partial charge < -0.3 is 14.2 Å². The quantitative estimate of drug-likeness (QED) is 0.347. The zero-order chi connectivity index (χ0) is 19.7. The second-order valence-electron chi connectivity index (χ2n) is 6.46. The molecule has 0 aliphatic carbocycles. The molecular weight excluding hydrogens is 370 g/mol. The molecule has 2 aliphatic heterocycles. The third kappa shape index (κ3) is 2.97. The number of aromatic amines is 1. The van der Waals surface area contributed by atoms with Crippen LogP contribution in [0.15, 0.2) is 57.3 Å². The second-order valence-corrected chi connectivity index (χ2v) is 6.46. The third-order valence-corrected chi connectivity index (χ3v) is 4.77. The van der Waals surface area contributed by atoms with Crippen molar-refractivity contribution < 1.29 is 19.0 Å². The number of H-pyrrole nitrogens is 1. The molecule has 1 N–H and O–H groups in total. The van der Waals surface area contributed by atoms with Crippen LogP contribution in [0, 0.1) is 0 Å². The Morgan fingerprint density at radius 1 is 1.36 bits per heavy atom. The monoisotopic (exact) mass is 385 g/mol. The Hall–Kier alpha value is -3.40. The minimum atomic E-state index is -1.23. The molecule has 1 unspecified atom stereocenters. The number of nitrogens with zero attached hydrogens (tertiary/aromatic N) is 4. The Balaban J connectivity index is 1.60. The lowest BCUT2D eigenvalue weighted by atomic mass is 9.98. The first-order valence-corrected chi connectivity index (χ1v) is 8.41. The molecule has 2 bridgehead atoms. The Bertz CT molecular complexity index is 1060. The number of esters is 1. The minimum Gasteiger partial charge on any atom is -0.459 e. The predicted octanol–water partition coefficient (Wildman–Crippen LogP) is 0.739. The first-order valence-electron chi connectivity index (χ1n) is 8.41. The van der Waals surface area contributed by atoms with Crippen LogP contribution in [0.2, 0.25) is 0 Å². The molecule has 1 aromatic carbocycles. The van der Waals surface area contributed by atoms with Gasteiger partial charge in [-0.3, -0.25) is 14.3 Å². The van der Waals surface area contributed by atoms with Gasteiger partial charge in [-0.25, -0.2) is 9.59 Å². The maximum absolute atomic E-state index is 12.3. The van der Waals surface area contributed by atoms with Gasteiger partial charge in [0.05, 0.1) is 12.2 Å². The molecule has 2 aliphatic rings. The highest BCUT2D eigenvalue weighted by Gasteiger charge is 2.62. The molecule has 11 heteroatoms. The van der Waals surface area contributed by atoms with Crippen molar-refractivity contribution in [1.82, 2.24) is 9.55 Å². The average molecular weight is 385 g/mol. The third-order valence-electron chi connectivity index (χ3n) is 4.77. The van der Waals surface area contributed by atoms with Crippen LogP contribution in [0.5, 0.6) is 0 Å². The van der Waals surface area contributed by atoms with Crippen molar-refractivity contribution in [2.75, 3.05) is 13.2 Å². The van der Waals surface area contributed by atoms with Gasteiger partial charge in [0.2, 0.25) is 0 Å². The number of carbonyl (C=O) groups excluding carboxylic acids is 1. The fourth-order valence-electron chi connectivity index (χ4n) is 3.44. The normalized spacial score (nSPS) is 27.9. The van der Waals surface area contributed by atoms with Gasteiger partial charge in [-0.1, -0.05) is 23.3 Å². The number of hydrogen-bond donors (Lipinski definition) is 1. The summed E-state index contributed by atoms with van der Waals surface area (Å²) >= 11 is 0. The van der Waals surface area contributed by atoms with Crippen LogP contribution in [0.1, 0.15) is 16.6 Å². The highest BCUT2D eigenvalue weighted by molar-refractivity contribution is 5.89. The minimum absolute atomic E-state index is 0.0258. The summed E-state index contributed by atoms with van der Waals surface area (Å²) in [5.74, 6) is -0.564. The number of azide groups is 1. The molecule has 2 aromatic rings. The molecule has 2 saturated heterocycles. The molecule has 0 saturated carbocycles. The molecule has 144 valence electrons. The zero-order valence-corrected chi connectivity index (χ0v) is 14.4. The fourth-order valence-corrected chi connectivity index (χ4v) is 3.44. The van der Waals surface area contributed by atoms with Gasteiger partial charge in [-0.05, 0) is 17.7 Å². The van der Waals surface area contributed by atoms with Crippen LogP contribution in [0.3, 0.4) is 0 Å². The van der Waals surface area contributed by atoms with Gasteiger partial charge in [0.25, 0.3) is 5.56 Å². The highest BCUT2D eigenvalue weighted by Crippen LogP contribution is 2.46. The van der Waals surface area contributed by atoms with Crippen molar-refractivity contribution in [2.45, 2.75) is 24.0 Å². The standard InChI is InChI=1S/C17H15N5O6/c18-21-20-13-12-14(22-7-6-11(23)19-16(22)25)28-17(13,8-26-12)9-27-15(24)10-4-2-1-3-5-10/h1-7,12-14H,8-9H2,(H,19,23,25)/t12-,13?,14-,17-/m1/s1. The molecule has 28 heavy (non-hydrogen) atoms. The molecule has 0 amide bonds. The van der Waals surface area contributed by atoms with Crippen molar-refractivity contribution in [2.24, 2.45) is 5.11 Å². The van der Waals surface area contributed by atoms with Crippen LogP contribution >= 0.6 is 0 Å². The van der Waals surface area contributed by atoms with Crippen LogP contribution < -0.4 is 11.2 Å². The van der Waals surface area contributed by atoms with Crippen LogP contribution in [-0.4, -0.2) is 46.5 Å². The van der Waals surface area contributed by atoms with Crippen LogP contribution in [-0.2, 0) is 14.2 Å². The summed E-state index contributed by atoms with van der Waals surface area (Å²) in [7, 11) is 0. The lowest BCUT2D eigenvalue weighted by Gasteiger charge is -2.31. The maximum atomic E-state index is 12.3. The predicted molar refractivity (Wildman–Crippen MR) is 93.6 cm³/mol. The summed E-state index contributed by atoms with van der Waals surface area (Å²) in [5.41, 5.74) is 6.82. The number of ether oxygens (including phenoxy) is 3. The molecule has 0 spiro atoms. The lowest BCUT2D eigenvalue weighted by Crippen LogP contribution is -2.45. The molecule has 2 fully saturated rings. The van der Waals surface area contributed by atoms with E-state index in [-0.39, 0.29) is 13.2 Å². The van der Waals surface area contributed by atoms with E-state index in [0.717, 1.165) is 4.57 Å². The Morgan fingerprint density at radius 2 is 2.14 bits per heavy atom. The van der Waals surface area contributed by atoms with Crippen molar-refractivity contribution in [3.63, 3.8) is 0 Å². The Morgan fingerprint density at radius 3 is 2.86 bits per heavy atom. The number of aromatic nitrogens is 2. The van der Waals surface area contributed by atoms with E-state index >= 15 is 0 Å². The van der Waals surface area contributed by atoms with E-state index in [0.29, 0.717) is 5.56 Å². The molecule has 11 nitrogen and oxygen atoms in total. The van der Waals surface area contributed by atoms with Gasteiger partial charge in [0.1, 0.15) is 24.4 Å². The lowest BCUT2D eigenvalue weighted by molar-refractivity contribution is -0.185. The number of nitrogens with one attached hydrogen (secondary N) is 1. The first-order chi connectivity index (χ1) is 13.5. The number of benzene rings is 1. The molecule has 3 heterocycles. The Labute approximate surface area is 157 Å². The van der Waals surface area contributed by atoms with Gasteiger partial charge in [-0.2, -0.15) is 0 Å². The second kappa shape index (κ2) is 6.97. The molecular formula is C17H15N5O6. The van der Waals surface area contributed by atoms with Crippen LogP contribution in [0.4, 0.5) is 0 Å². The largest absolute Gasteiger partial charge is 0.459 e. The summed E-state index contributed by atoms with van der Waals surface area (Å²) in [5, 5.41) is 3.75. The number of fused-ring (bicyclic) bond motifs is 2. The zero-order valence-electron chi connectivity index (χ0n) is 14.4. The highest BCUT2D eigenvalue weighted by atomic mass is 16.6. The number of hydrogen-bond acceptors (Lipinski definition) is 7. The van der Waals surface area contributed by atoms with Crippen LogP contribution in [0.25, 0.3) is 10.4 Å². The summed E-state index contributed by atoms with van der Waals surface area (Å²) < 4.78 is 18.2. The fraction of sp³-hybridized carbons (Fsp3) is 0.353. The van der Waals surface area contributed by atoms with Crippen molar-refractivity contribution in [3.8, 4) is 0 Å². The van der Waals surface area contributed by atoms with Crippen molar-refractivity contribution >= 4 is 5.97 Å². The first kappa shape index (κ1) is 18.0. The van der Waals surface area contributed by atoms with E-state index in [1.807, 2.05) is 0 Å². The van der Waals surface area contributed by atoms with E-state index in [1.165, 1.54) is 12.3 Å². The SMILES string of the molecule is [N-]=[N+]=NC1[C@H]2OC[C@]1(COC(=O)c1ccccc1)O[C@H]2n1ccc(=O)[nH]c1=O. The van der Waals surface area contributed by atoms with E-state index < -0.39 is 41.2 Å². The van der Waals surface area contributed by atoms with E-state index in [2.05, 4.69) is 15.0 Å². The Kier molecular flexibility index (Phi) is 4.47. The van der Waals surface area contributed by atoms with Gasteiger partial charge in [0, 0.05) is 17.2 Å². The number of rotatable bonds is 5. The summed E-state index contributed by atoms with van der Waals surface area (Å²) in [6.07, 6.45) is -0.439. The average Bonchev–Trinajstić information content (AvgIpc) is 3.19. The van der Waals surface area contributed by atoms with Crippen molar-refractivity contribution in [3.05, 3.63) is 79.4 Å². The molecule has 4 atom stereocenters. The van der Waals surface area contributed by atoms with E-state index in [9.17, 15) is 14.4 Å². The smallest absolute Gasteiger partial charge is 0.338 e. The maximum Gasteiger partial charge on any atom is 0.338 e. The van der Waals surface area contributed by atoms with Gasteiger partial charge >= 0.3 is 11.7 Å². The van der Waals surface area contributed by atoms with E-state index in [1.54, 1.807) is 30.3 Å². The van der Waals surface area contributed by atoms with Crippen molar-refractivity contribution in [1.29, 1.82) is 0 Å². The molecule has 4 rings (SSSR count). The molecule has 0 radical (unpaired) electrons. The van der Waals surface area contributed by atoms with Gasteiger partial charge in [-0.15, -0.1) is 0 Å². The number of carbonyl (C=O) groups is 1. The summed E-state index contributed by atoms with van der Waals surface area (Å²) in [6, 6.07) is 8.75. The van der Waals surface area contributed by atoms with Gasteiger partial charge in [0.15, 0.2) is 6.23 Å².